The molecular formula is C21H26IN3O2. The van der Waals surface area contributed by atoms with E-state index in [0.717, 1.165) is 9.13 Å². The van der Waals surface area contributed by atoms with Gasteiger partial charge in [-0.3, -0.25) is 4.79 Å². The maximum Gasteiger partial charge on any atom is 0.271 e. The Hall–Kier alpha value is -1.83. The molecule has 3 rings (SSSR count). The third-order valence-electron chi connectivity index (χ3n) is 5.25. The van der Waals surface area contributed by atoms with Crippen molar-refractivity contribution in [3.8, 4) is 5.75 Å². The summed E-state index contributed by atoms with van der Waals surface area (Å²) >= 11 is 2.18. The van der Waals surface area contributed by atoms with Gasteiger partial charge in [0.1, 0.15) is 5.75 Å². The molecule has 0 saturated heterocycles. The molecule has 1 fully saturated rings. The van der Waals surface area contributed by atoms with Crippen molar-refractivity contribution in [3.63, 3.8) is 0 Å². The van der Waals surface area contributed by atoms with Gasteiger partial charge in [0.25, 0.3) is 5.91 Å². The molecule has 0 atom stereocenters. The summed E-state index contributed by atoms with van der Waals surface area (Å²) in [4.78, 5) is 12.3. The van der Waals surface area contributed by atoms with Gasteiger partial charge in [0.2, 0.25) is 0 Å². The van der Waals surface area contributed by atoms with Gasteiger partial charge >= 0.3 is 0 Å². The van der Waals surface area contributed by atoms with Gasteiger partial charge in [0, 0.05) is 28.6 Å². The van der Waals surface area contributed by atoms with Crippen LogP contribution in [-0.4, -0.2) is 23.8 Å². The summed E-state index contributed by atoms with van der Waals surface area (Å²) in [6.45, 7) is 4.28. The molecule has 0 aliphatic heterocycles. The number of aryl methyl sites for hydroxylation is 1. The van der Waals surface area contributed by atoms with E-state index >= 15 is 0 Å². The van der Waals surface area contributed by atoms with E-state index in [-0.39, 0.29) is 5.91 Å². The van der Waals surface area contributed by atoms with Gasteiger partial charge in [-0.25, -0.2) is 5.43 Å². The Bertz CT molecular complexity index is 851. The predicted molar refractivity (Wildman–Crippen MR) is 117 cm³/mol. The SMILES string of the molecule is COc1cc(C(=O)N/N=C/c2cc(C)n(C3CCCCC3)c2C)ccc1I. The van der Waals surface area contributed by atoms with E-state index in [1.165, 1.54) is 43.5 Å². The van der Waals surface area contributed by atoms with Crippen LogP contribution in [0, 0.1) is 17.4 Å². The molecule has 0 spiro atoms. The van der Waals surface area contributed by atoms with Crippen LogP contribution in [0.15, 0.2) is 29.4 Å². The highest BCUT2D eigenvalue weighted by Crippen LogP contribution is 2.31. The molecule has 1 N–H and O–H groups in total. The van der Waals surface area contributed by atoms with E-state index in [1.54, 1.807) is 25.5 Å². The Morgan fingerprint density at radius 3 is 2.70 bits per heavy atom. The largest absolute Gasteiger partial charge is 0.496 e. The maximum absolute atomic E-state index is 12.3. The van der Waals surface area contributed by atoms with Crippen LogP contribution in [0.5, 0.6) is 5.75 Å². The van der Waals surface area contributed by atoms with Crippen LogP contribution < -0.4 is 10.2 Å². The summed E-state index contributed by atoms with van der Waals surface area (Å²) in [5, 5.41) is 4.18. The quantitative estimate of drug-likeness (QED) is 0.374. The number of nitrogens with one attached hydrogen (secondary N) is 1. The molecule has 1 amide bonds. The van der Waals surface area contributed by atoms with E-state index in [1.807, 2.05) is 6.07 Å². The lowest BCUT2D eigenvalue weighted by atomic mass is 9.95. The molecule has 6 heteroatoms. The van der Waals surface area contributed by atoms with Crippen LogP contribution in [0.4, 0.5) is 0 Å². The summed E-state index contributed by atoms with van der Waals surface area (Å²) in [6, 6.07) is 8.09. The number of rotatable bonds is 5. The van der Waals surface area contributed by atoms with Crippen LogP contribution in [-0.2, 0) is 0 Å². The molecule has 0 bridgehead atoms. The number of benzene rings is 1. The standard InChI is InChI=1S/C21H26IN3O2/c1-14-11-17(15(2)25(14)18-7-5-4-6-8-18)13-23-24-21(26)16-9-10-19(22)20(12-16)27-3/h9-13,18H,4-8H2,1-3H3,(H,24,26)/b23-13+. The van der Waals surface area contributed by atoms with Gasteiger partial charge < -0.3 is 9.30 Å². The minimum atomic E-state index is -0.248. The smallest absolute Gasteiger partial charge is 0.271 e. The van der Waals surface area contributed by atoms with Crippen molar-refractivity contribution >= 4 is 34.7 Å². The molecule has 2 aromatic rings. The summed E-state index contributed by atoms with van der Waals surface area (Å²) in [5.41, 5.74) is 6.67. The molecule has 1 saturated carbocycles. The molecule has 1 heterocycles. The average Bonchev–Trinajstić information content (AvgIpc) is 2.96. The zero-order valence-electron chi connectivity index (χ0n) is 16.1. The lowest BCUT2D eigenvalue weighted by molar-refractivity contribution is 0.0954. The number of hydrazone groups is 1. The number of nitrogens with zero attached hydrogens (tertiary/aromatic N) is 2. The molecule has 0 unspecified atom stereocenters. The molecule has 1 aromatic carbocycles. The van der Waals surface area contributed by atoms with Crippen molar-refractivity contribution < 1.29 is 9.53 Å². The molecular weight excluding hydrogens is 453 g/mol. The van der Waals surface area contributed by atoms with Gasteiger partial charge in [-0.2, -0.15) is 5.10 Å². The first-order valence-electron chi connectivity index (χ1n) is 9.36. The third kappa shape index (κ3) is 4.54. The lowest BCUT2D eigenvalue weighted by Gasteiger charge is -2.26. The third-order valence-corrected chi connectivity index (χ3v) is 6.14. The average molecular weight is 479 g/mol. The molecule has 5 nitrogen and oxygen atoms in total. The Morgan fingerprint density at radius 2 is 2.00 bits per heavy atom. The van der Waals surface area contributed by atoms with Crippen molar-refractivity contribution in [1.29, 1.82) is 0 Å². The van der Waals surface area contributed by atoms with Gasteiger partial charge in [-0.15, -0.1) is 0 Å². The lowest BCUT2D eigenvalue weighted by Crippen LogP contribution is -2.18. The van der Waals surface area contributed by atoms with Gasteiger partial charge in [0.15, 0.2) is 0 Å². The number of aromatic nitrogens is 1. The van der Waals surface area contributed by atoms with Crippen LogP contribution in [0.2, 0.25) is 0 Å². The van der Waals surface area contributed by atoms with Crippen LogP contribution in [0.25, 0.3) is 0 Å². The fraction of sp³-hybridized carbons (Fsp3) is 0.429. The minimum absolute atomic E-state index is 0.248. The van der Waals surface area contributed by atoms with Crippen LogP contribution >= 0.6 is 22.6 Å². The number of amides is 1. The van der Waals surface area contributed by atoms with Crippen molar-refractivity contribution in [1.82, 2.24) is 9.99 Å². The first kappa shape index (κ1) is 19.9. The molecule has 144 valence electrons. The van der Waals surface area contributed by atoms with E-state index in [0.29, 0.717) is 17.4 Å². The number of carbonyl (C=O) groups is 1. The Labute approximate surface area is 174 Å². The summed E-state index contributed by atoms with van der Waals surface area (Å²) in [5.74, 6) is 0.435. The summed E-state index contributed by atoms with van der Waals surface area (Å²) < 4.78 is 8.67. The zero-order valence-corrected chi connectivity index (χ0v) is 18.2. The van der Waals surface area contributed by atoms with Gasteiger partial charge in [0.05, 0.1) is 16.9 Å². The minimum Gasteiger partial charge on any atom is -0.496 e. The molecule has 1 aliphatic rings. The number of methoxy groups -OCH3 is 1. The Kier molecular flexibility index (Phi) is 6.57. The molecule has 27 heavy (non-hydrogen) atoms. The summed E-state index contributed by atoms with van der Waals surface area (Å²) in [6.07, 6.45) is 8.20. The van der Waals surface area contributed by atoms with Crippen LogP contribution in [0.3, 0.4) is 0 Å². The van der Waals surface area contributed by atoms with Gasteiger partial charge in [-0.1, -0.05) is 19.3 Å². The number of halogens is 1. The molecule has 0 radical (unpaired) electrons. The van der Waals surface area contributed by atoms with E-state index in [2.05, 4.69) is 57.6 Å². The van der Waals surface area contributed by atoms with Crippen molar-refractivity contribution in [2.75, 3.05) is 7.11 Å². The monoisotopic (exact) mass is 479 g/mol. The Balaban J connectivity index is 1.70. The van der Waals surface area contributed by atoms with Crippen molar-refractivity contribution in [2.45, 2.75) is 52.0 Å². The van der Waals surface area contributed by atoms with Crippen molar-refractivity contribution in [3.05, 3.63) is 50.4 Å². The fourth-order valence-corrected chi connectivity index (χ4v) is 4.42. The highest BCUT2D eigenvalue weighted by Gasteiger charge is 2.19. The zero-order chi connectivity index (χ0) is 19.4. The number of hydrogen-bond acceptors (Lipinski definition) is 3. The number of ether oxygens (including phenoxy) is 1. The highest BCUT2D eigenvalue weighted by atomic mass is 127. The van der Waals surface area contributed by atoms with Crippen LogP contribution in [0.1, 0.15) is 65.5 Å². The predicted octanol–water partition coefficient (Wildman–Crippen LogP) is 4.99. The van der Waals surface area contributed by atoms with E-state index in [9.17, 15) is 4.79 Å². The first-order chi connectivity index (χ1) is 13.0. The normalized spacial score (nSPS) is 15.3. The Morgan fingerprint density at radius 1 is 1.26 bits per heavy atom. The maximum atomic E-state index is 12.3. The topological polar surface area (TPSA) is 55.6 Å². The molecule has 1 aliphatic carbocycles. The van der Waals surface area contributed by atoms with E-state index < -0.39 is 0 Å². The second kappa shape index (κ2) is 8.91. The fourth-order valence-electron chi connectivity index (χ4n) is 3.86. The highest BCUT2D eigenvalue weighted by molar-refractivity contribution is 14.1. The number of hydrogen-bond donors (Lipinski definition) is 1. The summed E-state index contributed by atoms with van der Waals surface area (Å²) in [7, 11) is 1.60. The second-order valence-corrected chi connectivity index (χ2v) is 8.20. The molecule has 1 aromatic heterocycles. The number of carbonyl (C=O) groups excluding carboxylic acids is 1. The van der Waals surface area contributed by atoms with E-state index in [4.69, 9.17) is 4.74 Å². The van der Waals surface area contributed by atoms with Gasteiger partial charge in [-0.05, 0) is 73.5 Å². The first-order valence-corrected chi connectivity index (χ1v) is 10.4. The van der Waals surface area contributed by atoms with Crippen molar-refractivity contribution in [2.24, 2.45) is 5.10 Å². The second-order valence-electron chi connectivity index (χ2n) is 7.04.